The first-order chi connectivity index (χ1) is 8.95. The van der Waals surface area contributed by atoms with Crippen molar-refractivity contribution in [3.8, 4) is 0 Å². The number of nitrogens with one attached hydrogen (secondary N) is 1. The largest absolute Gasteiger partial charge is 0.310 e. The van der Waals surface area contributed by atoms with E-state index in [2.05, 4.69) is 12.2 Å². The van der Waals surface area contributed by atoms with Gasteiger partial charge in [0.2, 0.25) is 0 Å². The Balaban J connectivity index is 1.87. The number of hydrogen-bond acceptors (Lipinski definition) is 3. The second-order valence-electron chi connectivity index (χ2n) is 5.75. The topological polar surface area (TPSA) is 46.2 Å². The molecule has 1 aromatic carbocycles. The summed E-state index contributed by atoms with van der Waals surface area (Å²) < 4.78 is 22.7. The molecule has 0 aromatic heterocycles. The zero-order chi connectivity index (χ0) is 13.9. The van der Waals surface area contributed by atoms with E-state index < -0.39 is 9.84 Å². The van der Waals surface area contributed by atoms with Gasteiger partial charge < -0.3 is 5.32 Å². The standard InChI is InChI=1S/C15H23NO2S/c1-12-3-7-14(8-4-12)16-11-13-5-9-15(10-6-13)19(2,17)18/h5-6,9-10,12,14,16H,3-4,7-8,11H2,1-2H3. The lowest BCUT2D eigenvalue weighted by Gasteiger charge is -2.27. The van der Waals surface area contributed by atoms with Gasteiger partial charge in [-0.2, -0.15) is 0 Å². The van der Waals surface area contributed by atoms with E-state index in [-0.39, 0.29) is 0 Å². The Bertz CT molecular complexity index is 499. The monoisotopic (exact) mass is 281 g/mol. The summed E-state index contributed by atoms with van der Waals surface area (Å²) in [6.45, 7) is 3.14. The quantitative estimate of drug-likeness (QED) is 0.923. The van der Waals surface area contributed by atoms with Gasteiger partial charge in [-0.1, -0.05) is 19.1 Å². The van der Waals surface area contributed by atoms with Gasteiger partial charge in [0.1, 0.15) is 0 Å². The van der Waals surface area contributed by atoms with Gasteiger partial charge in [0.05, 0.1) is 4.90 Å². The molecule has 0 bridgehead atoms. The van der Waals surface area contributed by atoms with Crippen molar-refractivity contribution in [3.63, 3.8) is 0 Å². The Labute approximate surface area is 116 Å². The highest BCUT2D eigenvalue weighted by atomic mass is 32.2. The fourth-order valence-corrected chi connectivity index (χ4v) is 3.21. The van der Waals surface area contributed by atoms with Crippen LogP contribution in [0.15, 0.2) is 29.2 Å². The van der Waals surface area contributed by atoms with Crippen molar-refractivity contribution < 1.29 is 8.42 Å². The molecule has 1 fully saturated rings. The fraction of sp³-hybridized carbons (Fsp3) is 0.600. The molecule has 0 saturated heterocycles. The lowest BCUT2D eigenvalue weighted by molar-refractivity contribution is 0.306. The molecule has 1 aliphatic rings. The number of rotatable bonds is 4. The summed E-state index contributed by atoms with van der Waals surface area (Å²) in [7, 11) is -3.08. The van der Waals surface area contributed by atoms with Crippen molar-refractivity contribution in [1.82, 2.24) is 5.32 Å². The van der Waals surface area contributed by atoms with E-state index in [9.17, 15) is 8.42 Å². The van der Waals surface area contributed by atoms with E-state index in [1.54, 1.807) is 12.1 Å². The average Bonchev–Trinajstić information content (AvgIpc) is 2.37. The summed E-state index contributed by atoms with van der Waals surface area (Å²) in [6, 6.07) is 7.79. The highest BCUT2D eigenvalue weighted by Gasteiger charge is 2.17. The minimum absolute atomic E-state index is 0.391. The van der Waals surface area contributed by atoms with Crippen molar-refractivity contribution in [2.45, 2.75) is 50.1 Å². The Hall–Kier alpha value is -0.870. The number of sulfone groups is 1. The molecule has 3 nitrogen and oxygen atoms in total. The maximum absolute atomic E-state index is 11.4. The first kappa shape index (κ1) is 14.5. The first-order valence-corrected chi connectivity index (χ1v) is 8.86. The predicted molar refractivity (Wildman–Crippen MR) is 77.8 cm³/mol. The molecule has 2 rings (SSSR count). The van der Waals surface area contributed by atoms with E-state index in [1.165, 1.54) is 31.9 Å². The van der Waals surface area contributed by atoms with Crippen molar-refractivity contribution in [2.75, 3.05) is 6.26 Å². The number of hydrogen-bond donors (Lipinski definition) is 1. The molecule has 0 aliphatic heterocycles. The van der Waals surface area contributed by atoms with Gasteiger partial charge >= 0.3 is 0 Å². The molecule has 1 aliphatic carbocycles. The zero-order valence-electron chi connectivity index (χ0n) is 11.7. The van der Waals surface area contributed by atoms with Crippen LogP contribution in [0.2, 0.25) is 0 Å². The van der Waals surface area contributed by atoms with E-state index in [1.807, 2.05) is 12.1 Å². The SMILES string of the molecule is CC1CCC(NCc2ccc(S(C)(=O)=O)cc2)CC1. The normalized spacial score (nSPS) is 24.3. The molecule has 1 saturated carbocycles. The van der Waals surface area contributed by atoms with Crippen molar-refractivity contribution >= 4 is 9.84 Å². The Morgan fingerprint density at radius 3 is 2.21 bits per heavy atom. The summed E-state index contributed by atoms with van der Waals surface area (Å²) in [4.78, 5) is 0.391. The molecule has 0 heterocycles. The van der Waals surface area contributed by atoms with E-state index >= 15 is 0 Å². The molecule has 19 heavy (non-hydrogen) atoms. The highest BCUT2D eigenvalue weighted by molar-refractivity contribution is 7.90. The third-order valence-corrected chi connectivity index (χ3v) is 5.09. The van der Waals surface area contributed by atoms with Gasteiger partial charge in [0.15, 0.2) is 9.84 Å². The van der Waals surface area contributed by atoms with E-state index in [0.29, 0.717) is 10.9 Å². The maximum atomic E-state index is 11.4. The Kier molecular flexibility index (Phi) is 4.63. The van der Waals surface area contributed by atoms with Gasteiger partial charge in [-0.05, 0) is 49.3 Å². The minimum atomic E-state index is -3.08. The summed E-state index contributed by atoms with van der Waals surface area (Å²) in [5, 5.41) is 3.57. The van der Waals surface area contributed by atoms with Crippen LogP contribution in [-0.2, 0) is 16.4 Å². The summed E-state index contributed by atoms with van der Waals surface area (Å²) in [5.41, 5.74) is 1.14. The lowest BCUT2D eigenvalue weighted by Crippen LogP contribution is -2.32. The van der Waals surface area contributed by atoms with Crippen LogP contribution in [0, 0.1) is 5.92 Å². The van der Waals surface area contributed by atoms with E-state index in [4.69, 9.17) is 0 Å². The summed E-state index contributed by atoms with van der Waals surface area (Å²) >= 11 is 0. The van der Waals surface area contributed by atoms with Crippen molar-refractivity contribution in [1.29, 1.82) is 0 Å². The van der Waals surface area contributed by atoms with Crippen LogP contribution < -0.4 is 5.32 Å². The zero-order valence-corrected chi connectivity index (χ0v) is 12.5. The highest BCUT2D eigenvalue weighted by Crippen LogP contribution is 2.23. The van der Waals surface area contributed by atoms with Crippen LogP contribution in [0.3, 0.4) is 0 Å². The molecule has 0 spiro atoms. The smallest absolute Gasteiger partial charge is 0.175 e. The van der Waals surface area contributed by atoms with E-state index in [0.717, 1.165) is 18.0 Å². The fourth-order valence-electron chi connectivity index (χ4n) is 2.58. The summed E-state index contributed by atoms with van der Waals surface area (Å²) in [5.74, 6) is 0.868. The molecule has 1 aromatic rings. The van der Waals surface area contributed by atoms with Crippen LogP contribution in [0.25, 0.3) is 0 Å². The van der Waals surface area contributed by atoms with Crippen molar-refractivity contribution in [2.24, 2.45) is 5.92 Å². The Morgan fingerprint density at radius 1 is 1.11 bits per heavy atom. The van der Waals surface area contributed by atoms with Gasteiger partial charge in [0, 0.05) is 18.8 Å². The maximum Gasteiger partial charge on any atom is 0.175 e. The second-order valence-corrected chi connectivity index (χ2v) is 7.77. The molecule has 106 valence electrons. The van der Waals surface area contributed by atoms with Crippen LogP contribution in [0.4, 0.5) is 0 Å². The molecule has 4 heteroatoms. The molecule has 1 N–H and O–H groups in total. The number of benzene rings is 1. The van der Waals surface area contributed by atoms with Crippen LogP contribution in [0.5, 0.6) is 0 Å². The second kappa shape index (κ2) is 6.06. The predicted octanol–water partition coefficient (Wildman–Crippen LogP) is 2.76. The Morgan fingerprint density at radius 2 is 1.68 bits per heavy atom. The third-order valence-electron chi connectivity index (χ3n) is 3.96. The van der Waals surface area contributed by atoms with Gasteiger partial charge in [0.25, 0.3) is 0 Å². The average molecular weight is 281 g/mol. The summed E-state index contributed by atoms with van der Waals surface area (Å²) in [6.07, 6.45) is 6.37. The molecule has 0 unspecified atom stereocenters. The lowest BCUT2D eigenvalue weighted by atomic mass is 9.87. The molecular formula is C15H23NO2S. The van der Waals surface area contributed by atoms with Crippen molar-refractivity contribution in [3.05, 3.63) is 29.8 Å². The van der Waals surface area contributed by atoms with Crippen LogP contribution in [0.1, 0.15) is 38.2 Å². The molecule has 0 radical (unpaired) electrons. The molecular weight excluding hydrogens is 258 g/mol. The molecule has 0 amide bonds. The van der Waals surface area contributed by atoms with Crippen LogP contribution in [-0.4, -0.2) is 20.7 Å². The van der Waals surface area contributed by atoms with Gasteiger partial charge in [-0.25, -0.2) is 8.42 Å². The van der Waals surface area contributed by atoms with Crippen LogP contribution >= 0.6 is 0 Å². The first-order valence-electron chi connectivity index (χ1n) is 6.97. The minimum Gasteiger partial charge on any atom is -0.310 e. The van der Waals surface area contributed by atoms with Gasteiger partial charge in [-0.15, -0.1) is 0 Å². The third kappa shape index (κ3) is 4.32. The molecule has 0 atom stereocenters. The van der Waals surface area contributed by atoms with Gasteiger partial charge in [-0.3, -0.25) is 0 Å².